The first kappa shape index (κ1) is 20.0. The summed E-state index contributed by atoms with van der Waals surface area (Å²) in [4.78, 5) is 21.0. The molecule has 0 bridgehead atoms. The molecule has 0 saturated carbocycles. The van der Waals surface area contributed by atoms with Crippen molar-refractivity contribution in [2.45, 2.75) is 6.92 Å². The Hall–Kier alpha value is -1.34. The van der Waals surface area contributed by atoms with Gasteiger partial charge in [0.1, 0.15) is 6.61 Å². The summed E-state index contributed by atoms with van der Waals surface area (Å²) < 4.78 is 10.7. The Morgan fingerprint density at radius 2 is 1.88 bits per heavy atom. The summed E-state index contributed by atoms with van der Waals surface area (Å²) in [6.07, 6.45) is 0. The number of nitrogens with zero attached hydrogens (tertiary/aromatic N) is 3. The van der Waals surface area contributed by atoms with Gasteiger partial charge in [-0.3, -0.25) is 4.79 Å². The summed E-state index contributed by atoms with van der Waals surface area (Å²) in [6.45, 7) is 7.23. The molecule has 2 rings (SSSR count). The normalized spacial score (nSPS) is 16.2. The third kappa shape index (κ3) is 5.85. The smallest absolute Gasteiger partial charge is 0.295 e. The molecular formula is C17H23Cl2N3O3. The molecule has 25 heavy (non-hydrogen) atoms. The Balaban J connectivity index is 2.13. The SMILES string of the molecule is CCN1CCN(C(=NC(=O)c2ccc(Cl)c(Cl)c2)OCCOC)CC1. The fourth-order valence-electron chi connectivity index (χ4n) is 2.45. The van der Waals surface area contributed by atoms with E-state index in [-0.39, 0.29) is 0 Å². The lowest BCUT2D eigenvalue weighted by atomic mass is 10.2. The number of amidine groups is 1. The highest BCUT2D eigenvalue weighted by Gasteiger charge is 2.21. The summed E-state index contributed by atoms with van der Waals surface area (Å²) in [6, 6.07) is 5.01. The lowest BCUT2D eigenvalue weighted by Gasteiger charge is -2.35. The molecule has 1 aliphatic heterocycles. The molecule has 1 aromatic rings. The van der Waals surface area contributed by atoms with Gasteiger partial charge in [-0.2, -0.15) is 4.99 Å². The van der Waals surface area contributed by atoms with Crippen LogP contribution in [0.5, 0.6) is 0 Å². The van der Waals surface area contributed by atoms with Crippen LogP contribution in [0.2, 0.25) is 10.0 Å². The molecular weight excluding hydrogens is 365 g/mol. The van der Waals surface area contributed by atoms with Crippen LogP contribution in [0, 0.1) is 0 Å². The monoisotopic (exact) mass is 387 g/mol. The Morgan fingerprint density at radius 1 is 1.16 bits per heavy atom. The van der Waals surface area contributed by atoms with Crippen molar-refractivity contribution in [2.75, 3.05) is 53.0 Å². The number of carbonyl (C=O) groups excluding carboxylic acids is 1. The molecule has 1 aromatic carbocycles. The molecule has 6 nitrogen and oxygen atoms in total. The van der Waals surface area contributed by atoms with E-state index in [1.54, 1.807) is 19.2 Å². The van der Waals surface area contributed by atoms with Gasteiger partial charge in [0.25, 0.3) is 11.9 Å². The quantitative estimate of drug-likeness (QED) is 0.441. The van der Waals surface area contributed by atoms with E-state index in [0.717, 1.165) is 32.7 Å². The maximum atomic E-state index is 12.5. The van der Waals surface area contributed by atoms with Gasteiger partial charge in [0.2, 0.25) is 0 Å². The minimum absolute atomic E-state index is 0.320. The van der Waals surface area contributed by atoms with E-state index < -0.39 is 5.91 Å². The van der Waals surface area contributed by atoms with Crippen molar-refractivity contribution in [3.63, 3.8) is 0 Å². The molecule has 0 aromatic heterocycles. The number of rotatable bonds is 5. The molecule has 0 radical (unpaired) electrons. The first-order valence-electron chi connectivity index (χ1n) is 8.22. The number of methoxy groups -OCH3 is 1. The maximum Gasteiger partial charge on any atom is 0.295 e. The average molecular weight is 388 g/mol. The average Bonchev–Trinajstić information content (AvgIpc) is 2.63. The van der Waals surface area contributed by atoms with E-state index in [1.165, 1.54) is 6.07 Å². The van der Waals surface area contributed by atoms with Crippen LogP contribution in [0.4, 0.5) is 0 Å². The van der Waals surface area contributed by atoms with Crippen LogP contribution < -0.4 is 0 Å². The van der Waals surface area contributed by atoms with Gasteiger partial charge in [-0.15, -0.1) is 0 Å². The van der Waals surface area contributed by atoms with Gasteiger partial charge in [0.15, 0.2) is 0 Å². The molecule has 1 amide bonds. The Bertz CT molecular complexity index is 617. The Labute approximate surface area is 158 Å². The number of amides is 1. The molecule has 1 fully saturated rings. The van der Waals surface area contributed by atoms with E-state index in [0.29, 0.717) is 34.8 Å². The van der Waals surface area contributed by atoms with E-state index in [4.69, 9.17) is 32.7 Å². The fourth-order valence-corrected chi connectivity index (χ4v) is 2.74. The van der Waals surface area contributed by atoms with Crippen LogP contribution in [-0.2, 0) is 9.47 Å². The minimum atomic E-state index is -0.413. The number of hydrogen-bond donors (Lipinski definition) is 0. The largest absolute Gasteiger partial charge is 0.462 e. The minimum Gasteiger partial charge on any atom is -0.462 e. The number of benzene rings is 1. The zero-order chi connectivity index (χ0) is 18.2. The predicted octanol–water partition coefficient (Wildman–Crippen LogP) is 2.79. The molecule has 0 unspecified atom stereocenters. The van der Waals surface area contributed by atoms with Crippen molar-refractivity contribution in [1.82, 2.24) is 9.80 Å². The van der Waals surface area contributed by atoms with Crippen LogP contribution in [0.25, 0.3) is 0 Å². The van der Waals surface area contributed by atoms with Gasteiger partial charge in [0.05, 0.1) is 16.7 Å². The van der Waals surface area contributed by atoms with Crippen molar-refractivity contribution in [3.8, 4) is 0 Å². The molecule has 0 atom stereocenters. The van der Waals surface area contributed by atoms with E-state index >= 15 is 0 Å². The summed E-state index contributed by atoms with van der Waals surface area (Å²) in [5, 5.41) is 0.718. The van der Waals surface area contributed by atoms with E-state index in [2.05, 4.69) is 16.8 Å². The molecule has 1 heterocycles. The summed E-state index contributed by atoms with van der Waals surface area (Å²) >= 11 is 11.9. The maximum absolute atomic E-state index is 12.5. The lowest BCUT2D eigenvalue weighted by Crippen LogP contribution is -2.49. The molecule has 1 aliphatic rings. The van der Waals surface area contributed by atoms with Crippen LogP contribution in [-0.4, -0.2) is 74.8 Å². The molecule has 0 aliphatic carbocycles. The highest BCUT2D eigenvalue weighted by Crippen LogP contribution is 2.23. The van der Waals surface area contributed by atoms with Crippen molar-refractivity contribution in [3.05, 3.63) is 33.8 Å². The second kappa shape index (κ2) is 9.97. The summed E-state index contributed by atoms with van der Waals surface area (Å²) in [5.74, 6) is -0.413. The number of carbonyl (C=O) groups is 1. The molecule has 0 spiro atoms. The fraction of sp³-hybridized carbons (Fsp3) is 0.529. The van der Waals surface area contributed by atoms with E-state index in [1.807, 2.05) is 4.90 Å². The van der Waals surface area contributed by atoms with Crippen molar-refractivity contribution in [2.24, 2.45) is 4.99 Å². The van der Waals surface area contributed by atoms with Crippen LogP contribution >= 0.6 is 23.2 Å². The van der Waals surface area contributed by atoms with Crippen molar-refractivity contribution >= 4 is 35.1 Å². The van der Waals surface area contributed by atoms with Gasteiger partial charge in [0, 0.05) is 38.9 Å². The topological polar surface area (TPSA) is 54.4 Å². The number of aliphatic imine (C=N–C) groups is 1. The van der Waals surface area contributed by atoms with Gasteiger partial charge in [-0.05, 0) is 24.7 Å². The van der Waals surface area contributed by atoms with Crippen LogP contribution in [0.3, 0.4) is 0 Å². The first-order chi connectivity index (χ1) is 12.0. The van der Waals surface area contributed by atoms with Crippen LogP contribution in [0.15, 0.2) is 23.2 Å². The molecule has 0 N–H and O–H groups in total. The number of hydrogen-bond acceptors (Lipinski definition) is 4. The highest BCUT2D eigenvalue weighted by molar-refractivity contribution is 6.42. The van der Waals surface area contributed by atoms with Gasteiger partial charge in [-0.1, -0.05) is 30.1 Å². The standard InChI is InChI=1S/C17H23Cl2N3O3/c1-3-21-6-8-22(9-7-21)17(25-11-10-24-2)20-16(23)13-4-5-14(18)15(19)12-13/h4-5,12H,3,6-11H2,1-2H3. The molecule has 8 heteroatoms. The number of piperazine rings is 1. The van der Waals surface area contributed by atoms with Crippen molar-refractivity contribution < 1.29 is 14.3 Å². The third-order valence-electron chi connectivity index (χ3n) is 3.97. The number of halogens is 2. The van der Waals surface area contributed by atoms with Crippen LogP contribution in [0.1, 0.15) is 17.3 Å². The number of likely N-dealkylation sites (N-methyl/N-ethyl adjacent to an activating group) is 1. The second-order valence-electron chi connectivity index (χ2n) is 5.59. The zero-order valence-corrected chi connectivity index (χ0v) is 16.0. The van der Waals surface area contributed by atoms with Gasteiger partial charge in [-0.25, -0.2) is 0 Å². The Kier molecular flexibility index (Phi) is 7.96. The predicted molar refractivity (Wildman–Crippen MR) is 99.7 cm³/mol. The summed E-state index contributed by atoms with van der Waals surface area (Å²) in [5.41, 5.74) is 0.370. The Morgan fingerprint density at radius 3 is 2.48 bits per heavy atom. The van der Waals surface area contributed by atoms with Gasteiger partial charge >= 0.3 is 0 Å². The molecule has 138 valence electrons. The number of ether oxygens (including phenoxy) is 2. The second-order valence-corrected chi connectivity index (χ2v) is 6.41. The first-order valence-corrected chi connectivity index (χ1v) is 8.97. The van der Waals surface area contributed by atoms with Crippen molar-refractivity contribution in [1.29, 1.82) is 0 Å². The van der Waals surface area contributed by atoms with Gasteiger partial charge < -0.3 is 19.3 Å². The lowest BCUT2D eigenvalue weighted by molar-refractivity contribution is 0.0960. The summed E-state index contributed by atoms with van der Waals surface area (Å²) in [7, 11) is 1.60. The molecule has 1 saturated heterocycles. The zero-order valence-electron chi connectivity index (χ0n) is 14.5. The van der Waals surface area contributed by atoms with E-state index in [9.17, 15) is 4.79 Å². The third-order valence-corrected chi connectivity index (χ3v) is 4.71. The highest BCUT2D eigenvalue weighted by atomic mass is 35.5.